The van der Waals surface area contributed by atoms with Gasteiger partial charge in [-0.25, -0.2) is 9.97 Å². The zero-order valence-electron chi connectivity index (χ0n) is 16.6. The number of nitrogens with one attached hydrogen (secondary N) is 2. The van der Waals surface area contributed by atoms with Crippen LogP contribution in [0, 0.1) is 13.8 Å². The van der Waals surface area contributed by atoms with E-state index in [1.54, 1.807) is 7.05 Å². The van der Waals surface area contributed by atoms with Crippen LogP contribution in [0.1, 0.15) is 22.9 Å². The van der Waals surface area contributed by atoms with Crippen molar-refractivity contribution >= 4 is 11.8 Å². The van der Waals surface area contributed by atoms with Crippen LogP contribution < -0.4 is 15.5 Å². The first-order chi connectivity index (χ1) is 13.0. The van der Waals surface area contributed by atoms with Crippen LogP contribution in [-0.2, 0) is 13.1 Å². The predicted molar refractivity (Wildman–Crippen MR) is 107 cm³/mol. The van der Waals surface area contributed by atoms with Crippen molar-refractivity contribution in [3.8, 4) is 0 Å². The van der Waals surface area contributed by atoms with Crippen molar-refractivity contribution in [1.82, 2.24) is 25.5 Å². The van der Waals surface area contributed by atoms with Crippen LogP contribution in [0.25, 0.3) is 0 Å². The third-order valence-corrected chi connectivity index (χ3v) is 4.80. The second-order valence-electron chi connectivity index (χ2n) is 6.84. The highest BCUT2D eigenvalue weighted by Gasteiger charge is 2.15. The molecular formula is C19H29N7O. The van der Waals surface area contributed by atoms with Gasteiger partial charge in [-0.2, -0.15) is 0 Å². The molecule has 2 N–H and O–H groups in total. The smallest absolute Gasteiger partial charge is 0.214 e. The number of rotatable bonds is 5. The Bertz CT molecular complexity index is 741. The standard InChI is InChI=1S/C19H29N7O/c1-14-15(2)27-18(24-14)13-23-19(20-3)22-12-16-5-6-17(21-11-16)26-9-7-25(4)8-10-26/h5-6,11H,7-10,12-13H2,1-4H3,(H2,20,22,23). The summed E-state index contributed by atoms with van der Waals surface area (Å²) in [6.07, 6.45) is 1.93. The topological polar surface area (TPSA) is 81.8 Å². The van der Waals surface area contributed by atoms with E-state index in [9.17, 15) is 0 Å². The Balaban J connectivity index is 1.48. The maximum Gasteiger partial charge on any atom is 0.214 e. The van der Waals surface area contributed by atoms with Crippen LogP contribution in [0.5, 0.6) is 0 Å². The van der Waals surface area contributed by atoms with Crippen molar-refractivity contribution in [3.63, 3.8) is 0 Å². The van der Waals surface area contributed by atoms with E-state index in [0.717, 1.165) is 49.0 Å². The van der Waals surface area contributed by atoms with Crippen LogP contribution in [0.4, 0.5) is 5.82 Å². The van der Waals surface area contributed by atoms with Crippen molar-refractivity contribution < 1.29 is 4.42 Å². The van der Waals surface area contributed by atoms with Gasteiger partial charge in [-0.05, 0) is 32.5 Å². The molecule has 0 amide bonds. The molecule has 1 aliphatic rings. The number of likely N-dealkylation sites (N-methyl/N-ethyl adjacent to an activating group) is 1. The number of aryl methyl sites for hydroxylation is 2. The number of hydrogen-bond acceptors (Lipinski definition) is 6. The number of oxazole rings is 1. The van der Waals surface area contributed by atoms with Gasteiger partial charge in [-0.15, -0.1) is 0 Å². The molecule has 2 aromatic heterocycles. The van der Waals surface area contributed by atoms with Crippen molar-refractivity contribution in [3.05, 3.63) is 41.2 Å². The summed E-state index contributed by atoms with van der Waals surface area (Å²) < 4.78 is 5.58. The van der Waals surface area contributed by atoms with Gasteiger partial charge in [0, 0.05) is 46.0 Å². The Labute approximate surface area is 160 Å². The lowest BCUT2D eigenvalue weighted by Crippen LogP contribution is -2.44. The molecule has 3 rings (SSSR count). The summed E-state index contributed by atoms with van der Waals surface area (Å²) in [7, 11) is 3.90. The number of pyridine rings is 1. The second kappa shape index (κ2) is 8.85. The lowest BCUT2D eigenvalue weighted by molar-refractivity contribution is 0.312. The van der Waals surface area contributed by atoms with Gasteiger partial charge in [0.15, 0.2) is 5.96 Å². The number of piperazine rings is 1. The van der Waals surface area contributed by atoms with Gasteiger partial charge in [0.1, 0.15) is 11.6 Å². The molecule has 27 heavy (non-hydrogen) atoms. The molecule has 0 aliphatic carbocycles. The molecule has 0 unspecified atom stereocenters. The van der Waals surface area contributed by atoms with E-state index in [4.69, 9.17) is 4.42 Å². The minimum atomic E-state index is 0.495. The predicted octanol–water partition coefficient (Wildman–Crippen LogP) is 1.30. The number of guanidine groups is 1. The molecule has 2 aromatic rings. The molecule has 0 bridgehead atoms. The molecule has 1 fully saturated rings. The highest BCUT2D eigenvalue weighted by molar-refractivity contribution is 5.79. The van der Waals surface area contributed by atoms with Gasteiger partial charge in [0.05, 0.1) is 12.2 Å². The number of aliphatic imine (C=N–C) groups is 1. The van der Waals surface area contributed by atoms with Gasteiger partial charge in [0.2, 0.25) is 5.89 Å². The van der Waals surface area contributed by atoms with E-state index < -0.39 is 0 Å². The Morgan fingerprint density at radius 2 is 1.89 bits per heavy atom. The average Bonchev–Trinajstić information content (AvgIpc) is 3.01. The highest BCUT2D eigenvalue weighted by Crippen LogP contribution is 2.13. The van der Waals surface area contributed by atoms with Gasteiger partial charge >= 0.3 is 0 Å². The first-order valence-electron chi connectivity index (χ1n) is 9.31. The van der Waals surface area contributed by atoms with Crippen molar-refractivity contribution in [2.45, 2.75) is 26.9 Å². The summed E-state index contributed by atoms with van der Waals surface area (Å²) in [6, 6.07) is 4.21. The molecule has 0 spiro atoms. The van der Waals surface area contributed by atoms with E-state index in [1.807, 2.05) is 20.0 Å². The van der Waals surface area contributed by atoms with Crippen LogP contribution >= 0.6 is 0 Å². The van der Waals surface area contributed by atoms with E-state index in [2.05, 4.69) is 54.6 Å². The maximum atomic E-state index is 5.58. The van der Waals surface area contributed by atoms with E-state index >= 15 is 0 Å². The molecule has 146 valence electrons. The van der Waals surface area contributed by atoms with E-state index in [-0.39, 0.29) is 0 Å². The first-order valence-corrected chi connectivity index (χ1v) is 9.31. The van der Waals surface area contributed by atoms with E-state index in [1.165, 1.54) is 0 Å². The van der Waals surface area contributed by atoms with Gasteiger partial charge in [0.25, 0.3) is 0 Å². The van der Waals surface area contributed by atoms with Crippen LogP contribution in [0.2, 0.25) is 0 Å². The SMILES string of the molecule is CN=C(NCc1ccc(N2CCN(C)CC2)nc1)NCc1nc(C)c(C)o1. The highest BCUT2D eigenvalue weighted by atomic mass is 16.4. The fourth-order valence-corrected chi connectivity index (χ4v) is 2.92. The molecule has 0 radical (unpaired) electrons. The Hall–Kier alpha value is -2.61. The average molecular weight is 371 g/mol. The normalized spacial score (nSPS) is 15.9. The molecule has 8 heteroatoms. The lowest BCUT2D eigenvalue weighted by Gasteiger charge is -2.33. The summed E-state index contributed by atoms with van der Waals surface area (Å²) in [4.78, 5) is 17.9. The fourth-order valence-electron chi connectivity index (χ4n) is 2.92. The molecule has 1 aliphatic heterocycles. The zero-order valence-corrected chi connectivity index (χ0v) is 16.6. The second-order valence-corrected chi connectivity index (χ2v) is 6.84. The van der Waals surface area contributed by atoms with Gasteiger partial charge in [-0.1, -0.05) is 6.07 Å². The number of hydrogen-bond donors (Lipinski definition) is 2. The molecule has 0 atom stereocenters. The molecule has 8 nitrogen and oxygen atoms in total. The fraction of sp³-hybridized carbons (Fsp3) is 0.526. The van der Waals surface area contributed by atoms with Gasteiger partial charge < -0.3 is 24.9 Å². The van der Waals surface area contributed by atoms with Crippen LogP contribution in [0.15, 0.2) is 27.7 Å². The zero-order chi connectivity index (χ0) is 19.2. The number of anilines is 1. The third-order valence-electron chi connectivity index (χ3n) is 4.80. The quantitative estimate of drug-likeness (QED) is 0.606. The van der Waals surface area contributed by atoms with Crippen LogP contribution in [0.3, 0.4) is 0 Å². The van der Waals surface area contributed by atoms with Crippen molar-refractivity contribution in [2.75, 3.05) is 45.2 Å². The molecule has 1 saturated heterocycles. The Morgan fingerprint density at radius 1 is 1.15 bits per heavy atom. The molecule has 0 aromatic carbocycles. The maximum absolute atomic E-state index is 5.58. The van der Waals surface area contributed by atoms with Crippen molar-refractivity contribution in [2.24, 2.45) is 4.99 Å². The van der Waals surface area contributed by atoms with Crippen molar-refractivity contribution in [1.29, 1.82) is 0 Å². The molecule has 3 heterocycles. The summed E-state index contributed by atoms with van der Waals surface area (Å²) in [5.41, 5.74) is 2.03. The summed E-state index contributed by atoms with van der Waals surface area (Å²) >= 11 is 0. The lowest BCUT2D eigenvalue weighted by atomic mass is 10.2. The Kier molecular flexibility index (Phi) is 6.28. The molecular weight excluding hydrogens is 342 g/mol. The molecule has 0 saturated carbocycles. The van der Waals surface area contributed by atoms with Crippen LogP contribution in [-0.4, -0.2) is 61.1 Å². The minimum absolute atomic E-state index is 0.495. The first kappa shape index (κ1) is 19.2. The van der Waals surface area contributed by atoms with E-state index in [0.29, 0.717) is 24.9 Å². The summed E-state index contributed by atoms with van der Waals surface area (Å²) in [5.74, 6) is 3.25. The van der Waals surface area contributed by atoms with Gasteiger partial charge in [-0.3, -0.25) is 4.99 Å². The minimum Gasteiger partial charge on any atom is -0.444 e. The Morgan fingerprint density at radius 3 is 2.48 bits per heavy atom. The largest absolute Gasteiger partial charge is 0.444 e. The third kappa shape index (κ3) is 5.19. The monoisotopic (exact) mass is 371 g/mol. The summed E-state index contributed by atoms with van der Waals surface area (Å²) in [5, 5.41) is 6.50. The number of aromatic nitrogens is 2. The summed E-state index contributed by atoms with van der Waals surface area (Å²) in [6.45, 7) is 9.21. The number of nitrogens with zero attached hydrogens (tertiary/aromatic N) is 5.